The molecule has 56 heavy (non-hydrogen) atoms. The second-order valence-corrected chi connectivity index (χ2v) is 16.1. The van der Waals surface area contributed by atoms with Crippen LogP contribution in [0.4, 0.5) is 0 Å². The Morgan fingerprint density at radius 3 is 2.14 bits per heavy atom. The molecule has 5 aromatic carbocycles. The van der Waals surface area contributed by atoms with E-state index in [4.69, 9.17) is 9.72 Å². The summed E-state index contributed by atoms with van der Waals surface area (Å²) in [4.78, 5) is 9.42. The molecule has 0 bridgehead atoms. The number of para-hydroxylation sites is 3. The molecule has 7 heteroatoms. The second kappa shape index (κ2) is 14.3. The minimum absolute atomic E-state index is 0. The Hall–Kier alpha value is -5.84. The van der Waals surface area contributed by atoms with Gasteiger partial charge in [-0.3, -0.25) is 4.57 Å². The molecule has 0 aliphatic rings. The van der Waals surface area contributed by atoms with Gasteiger partial charge in [0, 0.05) is 44.3 Å². The molecule has 6 nitrogen and oxygen atoms in total. The predicted molar refractivity (Wildman–Crippen MR) is 221 cm³/mol. The number of hydrogen-bond donors (Lipinski definition) is 0. The van der Waals surface area contributed by atoms with Crippen molar-refractivity contribution in [1.82, 2.24) is 19.1 Å². The number of nitrogens with zero attached hydrogens (tertiary/aromatic N) is 5. The van der Waals surface area contributed by atoms with Crippen molar-refractivity contribution in [3.05, 3.63) is 170 Å². The molecule has 0 radical (unpaired) electrons. The van der Waals surface area contributed by atoms with E-state index in [1.807, 2.05) is 22.9 Å². The van der Waals surface area contributed by atoms with Crippen molar-refractivity contribution in [1.29, 1.82) is 0 Å². The largest absolute Gasteiger partial charge is 0.508 e. The van der Waals surface area contributed by atoms with Gasteiger partial charge in [0.05, 0.1) is 16.7 Å². The third-order valence-corrected chi connectivity index (χ3v) is 10.2. The van der Waals surface area contributed by atoms with Gasteiger partial charge in [-0.2, -0.15) is 6.07 Å². The van der Waals surface area contributed by atoms with Crippen LogP contribution in [0.1, 0.15) is 52.7 Å². The fraction of sp³-hybridized carbons (Fsp3) is 0.163. The second-order valence-electron chi connectivity index (χ2n) is 16.1. The Balaban J connectivity index is 0.00000441. The summed E-state index contributed by atoms with van der Waals surface area (Å²) in [6, 6.07) is 49.4. The Morgan fingerprint density at radius 2 is 1.36 bits per heavy atom. The van der Waals surface area contributed by atoms with Gasteiger partial charge in [-0.1, -0.05) is 132 Å². The first-order chi connectivity index (χ1) is 26.5. The molecule has 9 rings (SSSR count). The smallest absolute Gasteiger partial charge is 0.268 e. The topological polar surface area (TPSA) is 48.8 Å². The molecule has 0 spiro atoms. The van der Waals surface area contributed by atoms with E-state index in [0.717, 1.165) is 49.9 Å². The van der Waals surface area contributed by atoms with E-state index in [-0.39, 0.29) is 31.9 Å². The Kier molecular flexibility index (Phi) is 9.50. The molecule has 0 atom stereocenters. The maximum Gasteiger partial charge on any atom is 0.268 e. The maximum absolute atomic E-state index is 6.49. The van der Waals surface area contributed by atoms with Crippen LogP contribution in [0.3, 0.4) is 0 Å². The fourth-order valence-electron chi connectivity index (χ4n) is 7.23. The number of benzene rings is 5. The predicted octanol–water partition coefficient (Wildman–Crippen LogP) is 11.2. The van der Waals surface area contributed by atoms with Crippen LogP contribution in [-0.4, -0.2) is 19.1 Å². The van der Waals surface area contributed by atoms with E-state index in [2.05, 4.69) is 183 Å². The van der Waals surface area contributed by atoms with Crippen molar-refractivity contribution in [2.24, 2.45) is 0 Å². The van der Waals surface area contributed by atoms with Crippen molar-refractivity contribution in [2.75, 3.05) is 0 Å². The van der Waals surface area contributed by atoms with E-state index in [1.165, 1.54) is 16.7 Å². The Morgan fingerprint density at radius 1 is 0.625 bits per heavy atom. The molecule has 9 aromatic rings. The van der Waals surface area contributed by atoms with Crippen molar-refractivity contribution < 1.29 is 30.4 Å². The molecule has 4 heterocycles. The molecule has 280 valence electrons. The van der Waals surface area contributed by atoms with Gasteiger partial charge in [0.15, 0.2) is 0 Å². The number of hydrogen-bond acceptors (Lipinski definition) is 3. The van der Waals surface area contributed by atoms with Crippen molar-refractivity contribution in [2.45, 2.75) is 52.4 Å². The van der Waals surface area contributed by atoms with Gasteiger partial charge in [0.2, 0.25) is 0 Å². The zero-order chi connectivity index (χ0) is 37.9. The molecule has 4 aromatic heterocycles. The summed E-state index contributed by atoms with van der Waals surface area (Å²) >= 11 is 0. The summed E-state index contributed by atoms with van der Waals surface area (Å²) in [6.45, 7) is 13.4. The molecule has 0 amide bonds. The van der Waals surface area contributed by atoms with Crippen LogP contribution in [-0.2, 0) is 31.9 Å². The third-order valence-electron chi connectivity index (χ3n) is 10.2. The number of fused-ring (bicyclic) bond motifs is 4. The van der Waals surface area contributed by atoms with Gasteiger partial charge in [-0.15, -0.1) is 23.6 Å². The van der Waals surface area contributed by atoms with E-state index in [9.17, 15) is 0 Å². The molecule has 0 fully saturated rings. The number of rotatable bonds is 6. The minimum atomic E-state index is -0.0524. The number of pyridine rings is 2. The van der Waals surface area contributed by atoms with Crippen LogP contribution in [0, 0.1) is 18.5 Å². The normalized spacial score (nSPS) is 12.0. The zero-order valence-electron chi connectivity index (χ0n) is 32.2. The number of ether oxygens (including phenoxy) is 1. The molecule has 0 aliphatic carbocycles. The van der Waals surface area contributed by atoms with Crippen LogP contribution in [0.15, 0.2) is 140 Å². The number of imidazole rings is 1. The van der Waals surface area contributed by atoms with Crippen LogP contribution in [0.5, 0.6) is 11.5 Å². The maximum atomic E-state index is 6.49. The average Bonchev–Trinajstić information content (AvgIpc) is 3.74. The molecular weight excluding hydrogens is 870 g/mol. The van der Waals surface area contributed by atoms with Crippen molar-refractivity contribution >= 4 is 32.8 Å². The molecule has 0 saturated carbocycles. The van der Waals surface area contributed by atoms with Crippen molar-refractivity contribution in [3.63, 3.8) is 0 Å². The van der Waals surface area contributed by atoms with E-state index in [0.29, 0.717) is 17.2 Å². The van der Waals surface area contributed by atoms with Gasteiger partial charge in [0.1, 0.15) is 5.82 Å². The van der Waals surface area contributed by atoms with Gasteiger partial charge in [-0.05, 0) is 80.7 Å². The monoisotopic (exact) mass is 910 g/mol. The van der Waals surface area contributed by atoms with Crippen LogP contribution >= 0.6 is 0 Å². The van der Waals surface area contributed by atoms with Crippen molar-refractivity contribution in [3.8, 4) is 39.8 Å². The van der Waals surface area contributed by atoms with Gasteiger partial charge >= 0.3 is 0 Å². The first-order valence-electron chi connectivity index (χ1n) is 18.7. The number of aromatic nitrogens is 5. The Bertz CT molecular complexity index is 2880. The van der Waals surface area contributed by atoms with Gasteiger partial charge in [0.25, 0.3) is 6.33 Å². The van der Waals surface area contributed by atoms with Crippen LogP contribution < -0.4 is 9.30 Å². The van der Waals surface area contributed by atoms with E-state index in [1.54, 1.807) is 12.4 Å². The minimum Gasteiger partial charge on any atom is -0.508 e. The first-order valence-corrected chi connectivity index (χ1v) is 18.7. The van der Waals surface area contributed by atoms with Crippen LogP contribution in [0.2, 0.25) is 0 Å². The Labute approximate surface area is 342 Å². The quantitative estimate of drug-likeness (QED) is 0.123. The van der Waals surface area contributed by atoms with Crippen LogP contribution in [0.25, 0.3) is 61.2 Å². The van der Waals surface area contributed by atoms with Gasteiger partial charge in [-0.25, -0.2) is 4.98 Å². The summed E-state index contributed by atoms with van der Waals surface area (Å²) in [5.74, 6) is 1.87. The van der Waals surface area contributed by atoms with E-state index < -0.39 is 0 Å². The average molecular weight is 911 g/mol. The molecule has 0 saturated heterocycles. The molecule has 0 aliphatic heterocycles. The molecule has 0 N–H and O–H groups in total. The summed E-state index contributed by atoms with van der Waals surface area (Å²) in [7, 11) is 0. The van der Waals surface area contributed by atoms with E-state index >= 15 is 0 Å². The standard InChI is InChI=1S/C49H41N5O.Pt/c1-48(2,3)35-22-23-51-47(27-35)54-43-17-11-10-16-41(43)42-21-20-39(29-46(42)54)55-40-28-38(30-50-31-40)53-32-52(44-18-12-13-19-45(44)53)37-25-34(33-14-8-7-9-15-33)24-36(26-37)49(4,5)6;/h7-27,30-31H,1-6H3;/q-2;. The molecule has 0 unspecified atom stereocenters. The van der Waals surface area contributed by atoms with Gasteiger partial charge < -0.3 is 18.9 Å². The third kappa shape index (κ3) is 6.84. The molecular formula is C49H41N5OPt-2. The summed E-state index contributed by atoms with van der Waals surface area (Å²) in [6.07, 6.45) is 9.00. The summed E-state index contributed by atoms with van der Waals surface area (Å²) in [5, 5.41) is 2.21. The SMILES string of the molecule is CC(C)(C)c1cc(-c2ccccc2)cc(-[n+]2[c-]n(-c3[c-]c(Oc4[c-]c5c(cc4)c4ccccc4n5-c4cc(C(C)(C)C)ccn4)cnc3)c3ccccc32)c1.[Pt]. The zero-order valence-corrected chi connectivity index (χ0v) is 34.5. The first kappa shape index (κ1) is 37.1. The summed E-state index contributed by atoms with van der Waals surface area (Å²) in [5.41, 5.74) is 10.4. The fourth-order valence-corrected chi connectivity index (χ4v) is 7.23. The summed E-state index contributed by atoms with van der Waals surface area (Å²) < 4.78 is 12.8.